The van der Waals surface area contributed by atoms with Crippen molar-refractivity contribution in [2.45, 2.75) is 12.4 Å². The van der Waals surface area contributed by atoms with Crippen molar-refractivity contribution in [3.05, 3.63) is 81.9 Å². The van der Waals surface area contributed by atoms with E-state index in [9.17, 15) is 65.9 Å². The van der Waals surface area contributed by atoms with Crippen molar-refractivity contribution in [2.24, 2.45) is 0 Å². The highest BCUT2D eigenvalue weighted by Crippen LogP contribution is 2.47. The molecule has 0 aliphatic rings. The smallest absolute Gasteiger partial charge is 0.417 e. The van der Waals surface area contributed by atoms with Gasteiger partial charge < -0.3 is 20.4 Å². The molecule has 0 amide bonds. The van der Waals surface area contributed by atoms with Gasteiger partial charge in [-0.05, 0) is 23.3 Å². The van der Waals surface area contributed by atoms with Crippen LogP contribution in [-0.2, 0) is 12.4 Å². The minimum atomic E-state index is -5.27. The Morgan fingerprint density at radius 2 is 0.711 bits per heavy atom. The van der Waals surface area contributed by atoms with Gasteiger partial charge in [0.25, 0.3) is 0 Å². The summed E-state index contributed by atoms with van der Waals surface area (Å²) in [6, 6.07) is 5.48. The lowest BCUT2D eigenvalue weighted by Crippen LogP contribution is -2.23. The molecule has 198 valence electrons. The van der Waals surface area contributed by atoms with Crippen LogP contribution in [0.4, 0.5) is 26.3 Å². The number of carbonyl (C=O) groups is 4. The molecule has 0 fully saturated rings. The topological polar surface area (TPSA) is 149 Å². The molecule has 8 nitrogen and oxygen atoms in total. The molecule has 14 heteroatoms. The first-order valence-electron chi connectivity index (χ1n) is 10.00. The summed E-state index contributed by atoms with van der Waals surface area (Å²) in [5.41, 5.74) is -15.2. The Hall–Kier alpha value is -4.88. The normalized spacial score (nSPS) is 11.7. The molecular weight excluding hydrogens is 530 g/mol. The quantitative estimate of drug-likeness (QED) is 0.284. The maximum atomic E-state index is 13.8. The fraction of sp³-hybridized carbons (Fsp3) is 0.0833. The third-order valence-electron chi connectivity index (χ3n) is 5.36. The Morgan fingerprint density at radius 1 is 0.474 bits per heavy atom. The van der Waals surface area contributed by atoms with Crippen LogP contribution >= 0.6 is 0 Å². The molecule has 3 aromatic carbocycles. The first-order valence-corrected chi connectivity index (χ1v) is 10.00. The summed E-state index contributed by atoms with van der Waals surface area (Å²) in [4.78, 5) is 49.2. The van der Waals surface area contributed by atoms with Gasteiger partial charge in [0, 0.05) is 11.1 Å². The largest absolute Gasteiger partial charge is 0.478 e. The van der Waals surface area contributed by atoms with Crippen LogP contribution in [0.15, 0.2) is 48.5 Å². The van der Waals surface area contributed by atoms with E-state index < -0.39 is 91.9 Å². The standard InChI is InChI=1S/C24H12F6O8/c25-23(26,27)11-7-3-1-5-9(11)13-15(19(31)32)17(21(35)36)14(18(22(37)38)16(13)20(33)34)10-6-2-4-8-12(10)24(28,29)30/h1-8H,(H,31,32)(H,33,34)(H,35,36)(H,37,38). The molecule has 3 aromatic rings. The molecule has 3 rings (SSSR count). The molecule has 38 heavy (non-hydrogen) atoms. The van der Waals surface area contributed by atoms with Gasteiger partial charge in [-0.25, -0.2) is 19.2 Å². The predicted octanol–water partition coefficient (Wildman–Crippen LogP) is 5.85. The van der Waals surface area contributed by atoms with Crippen LogP contribution in [0, 0.1) is 0 Å². The molecule has 0 unspecified atom stereocenters. The molecule has 0 atom stereocenters. The average Bonchev–Trinajstić information content (AvgIpc) is 2.80. The van der Waals surface area contributed by atoms with Gasteiger partial charge in [-0.15, -0.1) is 0 Å². The van der Waals surface area contributed by atoms with Crippen LogP contribution in [0.1, 0.15) is 52.6 Å². The first-order chi connectivity index (χ1) is 17.5. The number of aromatic carboxylic acids is 4. The highest BCUT2D eigenvalue weighted by Gasteiger charge is 2.43. The van der Waals surface area contributed by atoms with E-state index in [4.69, 9.17) is 0 Å². The zero-order valence-electron chi connectivity index (χ0n) is 18.3. The second-order valence-corrected chi connectivity index (χ2v) is 7.56. The molecule has 0 aliphatic carbocycles. The Morgan fingerprint density at radius 3 is 0.921 bits per heavy atom. The van der Waals surface area contributed by atoms with Crippen LogP contribution in [-0.4, -0.2) is 44.3 Å². The van der Waals surface area contributed by atoms with Gasteiger partial charge in [0.1, 0.15) is 0 Å². The lowest BCUT2D eigenvalue weighted by molar-refractivity contribution is -0.137. The molecular formula is C24H12F6O8. The zero-order chi connectivity index (χ0) is 28.7. The lowest BCUT2D eigenvalue weighted by Gasteiger charge is -2.23. The minimum absolute atomic E-state index is 0.403. The van der Waals surface area contributed by atoms with Crippen molar-refractivity contribution in [1.82, 2.24) is 0 Å². The van der Waals surface area contributed by atoms with Crippen molar-refractivity contribution < 1.29 is 65.9 Å². The molecule has 0 spiro atoms. The third-order valence-corrected chi connectivity index (χ3v) is 5.36. The molecule has 0 heterocycles. The van der Waals surface area contributed by atoms with Gasteiger partial charge in [0.15, 0.2) is 0 Å². The SMILES string of the molecule is O=C(O)c1c(C(=O)O)c(-c2ccccc2C(F)(F)F)c(C(=O)O)c(C(=O)O)c1-c1ccccc1C(F)(F)F. The van der Waals surface area contributed by atoms with E-state index in [1.165, 1.54) is 0 Å². The molecule has 0 aliphatic heterocycles. The fourth-order valence-electron chi connectivity index (χ4n) is 4.04. The number of hydrogen-bond donors (Lipinski definition) is 4. The Balaban J connectivity index is 2.82. The van der Waals surface area contributed by atoms with Gasteiger partial charge in [-0.1, -0.05) is 36.4 Å². The second-order valence-electron chi connectivity index (χ2n) is 7.56. The summed E-state index contributed by atoms with van der Waals surface area (Å²) in [6.07, 6.45) is -10.5. The molecule has 0 saturated heterocycles. The predicted molar refractivity (Wildman–Crippen MR) is 115 cm³/mol. The summed E-state index contributed by atoms with van der Waals surface area (Å²) in [5, 5.41) is 39.5. The van der Waals surface area contributed by atoms with Crippen molar-refractivity contribution in [3.8, 4) is 22.3 Å². The fourth-order valence-corrected chi connectivity index (χ4v) is 4.04. The van der Waals surface area contributed by atoms with Gasteiger partial charge in [-0.3, -0.25) is 0 Å². The first kappa shape index (κ1) is 27.7. The Labute approximate surface area is 207 Å². The van der Waals surface area contributed by atoms with Gasteiger partial charge >= 0.3 is 36.2 Å². The lowest BCUT2D eigenvalue weighted by atomic mass is 9.79. The Kier molecular flexibility index (Phi) is 6.95. The maximum absolute atomic E-state index is 13.8. The van der Waals surface area contributed by atoms with Crippen LogP contribution in [0.5, 0.6) is 0 Å². The maximum Gasteiger partial charge on any atom is 0.417 e. The van der Waals surface area contributed by atoms with Gasteiger partial charge in [-0.2, -0.15) is 26.3 Å². The van der Waals surface area contributed by atoms with Crippen molar-refractivity contribution in [1.29, 1.82) is 0 Å². The van der Waals surface area contributed by atoms with E-state index in [0.717, 1.165) is 24.3 Å². The number of benzene rings is 3. The summed E-state index contributed by atoms with van der Waals surface area (Å²) >= 11 is 0. The van der Waals surface area contributed by atoms with E-state index in [2.05, 4.69) is 0 Å². The van der Waals surface area contributed by atoms with Crippen LogP contribution in [0.25, 0.3) is 22.3 Å². The molecule has 0 bridgehead atoms. The van der Waals surface area contributed by atoms with Crippen LogP contribution in [0.2, 0.25) is 0 Å². The average molecular weight is 542 g/mol. The summed E-state index contributed by atoms with van der Waals surface area (Å²) in [6.45, 7) is 0. The number of alkyl halides is 6. The molecule has 0 radical (unpaired) electrons. The van der Waals surface area contributed by atoms with Gasteiger partial charge in [0.2, 0.25) is 0 Å². The van der Waals surface area contributed by atoms with Crippen LogP contribution in [0.3, 0.4) is 0 Å². The summed E-state index contributed by atoms with van der Waals surface area (Å²) < 4.78 is 82.8. The Bertz CT molecular complexity index is 1340. The number of carboxylic acids is 4. The molecule has 0 saturated carbocycles. The van der Waals surface area contributed by atoms with E-state index >= 15 is 0 Å². The second kappa shape index (κ2) is 9.53. The zero-order valence-corrected chi connectivity index (χ0v) is 18.3. The van der Waals surface area contributed by atoms with Crippen molar-refractivity contribution in [3.63, 3.8) is 0 Å². The van der Waals surface area contributed by atoms with Gasteiger partial charge in [0.05, 0.1) is 33.4 Å². The number of carboxylic acid groups (broad SMARTS) is 4. The van der Waals surface area contributed by atoms with Crippen LogP contribution < -0.4 is 0 Å². The summed E-state index contributed by atoms with van der Waals surface area (Å²) in [7, 11) is 0. The number of hydrogen-bond acceptors (Lipinski definition) is 4. The highest BCUT2D eigenvalue weighted by atomic mass is 19.4. The van der Waals surface area contributed by atoms with E-state index in [1.807, 2.05) is 0 Å². The minimum Gasteiger partial charge on any atom is -0.478 e. The monoisotopic (exact) mass is 542 g/mol. The van der Waals surface area contributed by atoms with E-state index in [-0.39, 0.29) is 0 Å². The number of halogens is 6. The van der Waals surface area contributed by atoms with E-state index in [0.29, 0.717) is 24.3 Å². The highest BCUT2D eigenvalue weighted by molar-refractivity contribution is 6.21. The number of rotatable bonds is 6. The third kappa shape index (κ3) is 4.75. The van der Waals surface area contributed by atoms with Crippen molar-refractivity contribution in [2.75, 3.05) is 0 Å². The summed E-state index contributed by atoms with van der Waals surface area (Å²) in [5.74, 6) is -9.33. The van der Waals surface area contributed by atoms with Crippen molar-refractivity contribution >= 4 is 23.9 Å². The van der Waals surface area contributed by atoms with E-state index in [1.54, 1.807) is 0 Å². The molecule has 4 N–H and O–H groups in total. The molecule has 0 aromatic heterocycles.